The molecule has 0 aliphatic heterocycles. The summed E-state index contributed by atoms with van der Waals surface area (Å²) in [7, 11) is 1.82. The molecule has 0 heterocycles. The molecule has 0 saturated carbocycles. The second kappa shape index (κ2) is 26.2. The lowest BCUT2D eigenvalue weighted by molar-refractivity contribution is 0.154. The number of rotatable bonds is 26. The van der Waals surface area contributed by atoms with Gasteiger partial charge in [0.05, 0.1) is 0 Å². The predicted molar refractivity (Wildman–Crippen MR) is 142 cm³/mol. The van der Waals surface area contributed by atoms with Crippen LogP contribution in [0.25, 0.3) is 0 Å². The van der Waals surface area contributed by atoms with E-state index >= 15 is 0 Å². The van der Waals surface area contributed by atoms with Gasteiger partial charge in [-0.25, -0.2) is 0 Å². The fraction of sp³-hybridized carbons (Fsp3) is 1.00. The number of methoxy groups -OCH3 is 1. The minimum absolute atomic E-state index is 0.739. The van der Waals surface area contributed by atoms with Gasteiger partial charge in [0.15, 0.2) is 0 Å². The van der Waals surface area contributed by atoms with Gasteiger partial charge < -0.3 is 4.74 Å². The third-order valence-electron chi connectivity index (χ3n) is 7.15. The molecule has 0 N–H and O–H groups in total. The molecule has 1 nitrogen and oxygen atoms in total. The Morgan fingerprint density at radius 1 is 0.419 bits per heavy atom. The van der Waals surface area contributed by atoms with Gasteiger partial charge in [0.2, 0.25) is 0 Å². The average Bonchev–Trinajstić information content (AvgIpc) is 2.76. The zero-order valence-corrected chi connectivity index (χ0v) is 22.5. The standard InChI is InChI=1S/C30H62O/c1-5-6-7-8-9-13-16-19-22-25-29(2)26-23-20-17-14-11-10-12-15-18-21-24-27-30(3)28-31-4/h29-30H,5-28H2,1-4H3. The predicted octanol–water partition coefficient (Wildman–Crippen LogP) is 10.9. The van der Waals surface area contributed by atoms with Crippen molar-refractivity contribution in [2.24, 2.45) is 11.8 Å². The van der Waals surface area contributed by atoms with E-state index in [-0.39, 0.29) is 0 Å². The van der Waals surface area contributed by atoms with E-state index in [0.717, 1.165) is 18.4 Å². The molecule has 0 aromatic heterocycles. The summed E-state index contributed by atoms with van der Waals surface area (Å²) in [6.45, 7) is 8.03. The lowest BCUT2D eigenvalue weighted by Gasteiger charge is -2.11. The molecule has 0 radical (unpaired) electrons. The minimum atomic E-state index is 0.739. The van der Waals surface area contributed by atoms with E-state index in [0.29, 0.717) is 0 Å². The van der Waals surface area contributed by atoms with E-state index in [1.807, 2.05) is 7.11 Å². The normalized spacial score (nSPS) is 13.5. The van der Waals surface area contributed by atoms with Gasteiger partial charge in [-0.05, 0) is 18.3 Å². The van der Waals surface area contributed by atoms with Crippen molar-refractivity contribution in [3.05, 3.63) is 0 Å². The van der Waals surface area contributed by atoms with E-state index in [1.54, 1.807) is 0 Å². The monoisotopic (exact) mass is 438 g/mol. The third kappa shape index (κ3) is 26.1. The maximum atomic E-state index is 5.21. The molecule has 0 rings (SSSR count). The summed E-state index contributed by atoms with van der Waals surface area (Å²) in [5, 5.41) is 0. The van der Waals surface area contributed by atoms with Crippen LogP contribution < -0.4 is 0 Å². The zero-order chi connectivity index (χ0) is 22.8. The number of hydrogen-bond donors (Lipinski definition) is 0. The van der Waals surface area contributed by atoms with Crippen LogP contribution in [-0.4, -0.2) is 13.7 Å². The fourth-order valence-corrected chi connectivity index (χ4v) is 4.89. The van der Waals surface area contributed by atoms with Crippen LogP contribution in [0.2, 0.25) is 0 Å². The molecule has 0 aliphatic carbocycles. The summed E-state index contributed by atoms with van der Waals surface area (Å²) in [4.78, 5) is 0. The summed E-state index contributed by atoms with van der Waals surface area (Å²) in [6.07, 6.45) is 33.4. The van der Waals surface area contributed by atoms with Gasteiger partial charge in [0.1, 0.15) is 0 Å². The molecule has 0 aromatic carbocycles. The Balaban J connectivity index is 3.16. The van der Waals surface area contributed by atoms with Crippen LogP contribution in [0.4, 0.5) is 0 Å². The first kappa shape index (κ1) is 31.0. The molecule has 188 valence electrons. The maximum absolute atomic E-state index is 5.21. The van der Waals surface area contributed by atoms with Crippen molar-refractivity contribution in [1.82, 2.24) is 0 Å². The molecule has 0 amide bonds. The Morgan fingerprint density at radius 3 is 1.03 bits per heavy atom. The highest BCUT2D eigenvalue weighted by atomic mass is 16.5. The molecule has 1 heteroatoms. The molecule has 31 heavy (non-hydrogen) atoms. The summed E-state index contributed by atoms with van der Waals surface area (Å²) >= 11 is 0. The van der Waals surface area contributed by atoms with E-state index in [2.05, 4.69) is 20.8 Å². The topological polar surface area (TPSA) is 9.23 Å². The third-order valence-corrected chi connectivity index (χ3v) is 7.15. The smallest absolute Gasteiger partial charge is 0.0487 e. The van der Waals surface area contributed by atoms with Gasteiger partial charge in [-0.3, -0.25) is 0 Å². The van der Waals surface area contributed by atoms with Gasteiger partial charge in [0.25, 0.3) is 0 Å². The van der Waals surface area contributed by atoms with Gasteiger partial charge in [-0.2, -0.15) is 0 Å². The summed E-state index contributed by atoms with van der Waals surface area (Å²) in [5.74, 6) is 1.70. The Kier molecular flexibility index (Phi) is 26.2. The molecule has 0 saturated heterocycles. The number of unbranched alkanes of at least 4 members (excludes halogenated alkanes) is 18. The Labute approximate surface area is 198 Å². The van der Waals surface area contributed by atoms with E-state index < -0.39 is 0 Å². The molecule has 0 aliphatic rings. The first-order valence-corrected chi connectivity index (χ1v) is 14.7. The molecule has 2 atom stereocenters. The molecule has 0 spiro atoms. The van der Waals surface area contributed by atoms with Crippen LogP contribution in [0, 0.1) is 11.8 Å². The summed E-state index contributed by atoms with van der Waals surface area (Å²) < 4.78 is 5.21. The second-order valence-electron chi connectivity index (χ2n) is 10.7. The van der Waals surface area contributed by atoms with Gasteiger partial charge in [0, 0.05) is 13.7 Å². The molecular weight excluding hydrogens is 376 g/mol. The van der Waals surface area contributed by atoms with E-state index in [4.69, 9.17) is 4.74 Å². The van der Waals surface area contributed by atoms with Crippen molar-refractivity contribution in [2.75, 3.05) is 13.7 Å². The van der Waals surface area contributed by atoms with Crippen LogP contribution >= 0.6 is 0 Å². The molecule has 0 aromatic rings. The van der Waals surface area contributed by atoms with Crippen LogP contribution in [-0.2, 0) is 4.74 Å². The SMILES string of the molecule is CCCCCCCCCCCC(C)CCCCCCCCCCCCCC(C)COC. The first-order valence-electron chi connectivity index (χ1n) is 14.7. The lowest BCUT2D eigenvalue weighted by Crippen LogP contribution is -2.02. The first-order chi connectivity index (χ1) is 15.2. The number of hydrogen-bond acceptors (Lipinski definition) is 1. The van der Waals surface area contributed by atoms with Crippen molar-refractivity contribution in [2.45, 2.75) is 168 Å². The Bertz CT molecular complexity index is 314. The molecule has 0 fully saturated rings. The summed E-state index contributed by atoms with van der Waals surface area (Å²) in [5.41, 5.74) is 0. The highest BCUT2D eigenvalue weighted by molar-refractivity contribution is 4.57. The molecule has 0 bridgehead atoms. The van der Waals surface area contributed by atoms with Crippen LogP contribution in [0.3, 0.4) is 0 Å². The molecule has 2 unspecified atom stereocenters. The van der Waals surface area contributed by atoms with E-state index in [1.165, 1.54) is 148 Å². The average molecular weight is 439 g/mol. The summed E-state index contributed by atoms with van der Waals surface area (Å²) in [6, 6.07) is 0. The van der Waals surface area contributed by atoms with Crippen molar-refractivity contribution >= 4 is 0 Å². The lowest BCUT2D eigenvalue weighted by atomic mass is 9.95. The van der Waals surface area contributed by atoms with Crippen LogP contribution in [0.1, 0.15) is 168 Å². The van der Waals surface area contributed by atoms with Crippen molar-refractivity contribution < 1.29 is 4.74 Å². The van der Waals surface area contributed by atoms with Crippen molar-refractivity contribution in [3.8, 4) is 0 Å². The van der Waals surface area contributed by atoms with Gasteiger partial charge in [-0.1, -0.05) is 162 Å². The Hall–Kier alpha value is -0.0400. The van der Waals surface area contributed by atoms with Crippen molar-refractivity contribution in [1.29, 1.82) is 0 Å². The van der Waals surface area contributed by atoms with Gasteiger partial charge >= 0.3 is 0 Å². The highest BCUT2D eigenvalue weighted by Gasteiger charge is 2.03. The number of ether oxygens (including phenoxy) is 1. The Morgan fingerprint density at radius 2 is 0.710 bits per heavy atom. The zero-order valence-electron chi connectivity index (χ0n) is 22.5. The minimum Gasteiger partial charge on any atom is -0.384 e. The highest BCUT2D eigenvalue weighted by Crippen LogP contribution is 2.19. The largest absolute Gasteiger partial charge is 0.384 e. The van der Waals surface area contributed by atoms with Crippen LogP contribution in [0.5, 0.6) is 0 Å². The van der Waals surface area contributed by atoms with Gasteiger partial charge in [-0.15, -0.1) is 0 Å². The maximum Gasteiger partial charge on any atom is 0.0487 e. The fourth-order valence-electron chi connectivity index (χ4n) is 4.89. The van der Waals surface area contributed by atoms with Crippen molar-refractivity contribution in [3.63, 3.8) is 0 Å². The van der Waals surface area contributed by atoms with E-state index in [9.17, 15) is 0 Å². The van der Waals surface area contributed by atoms with Crippen LogP contribution in [0.15, 0.2) is 0 Å². The molecular formula is C30H62O. The second-order valence-corrected chi connectivity index (χ2v) is 10.7. The quantitative estimate of drug-likeness (QED) is 0.122.